The lowest BCUT2D eigenvalue weighted by molar-refractivity contribution is 0.640. The third kappa shape index (κ3) is 5.52. The number of aromatic nitrogens is 1. The average molecular weight is 238 g/mol. The Balaban J connectivity index is 2.04. The van der Waals surface area contributed by atoms with Crippen molar-refractivity contribution in [2.45, 2.75) is 32.6 Å². The van der Waals surface area contributed by atoms with Crippen molar-refractivity contribution in [2.24, 2.45) is 5.92 Å². The molecule has 2 nitrogen and oxygen atoms in total. The summed E-state index contributed by atoms with van der Waals surface area (Å²) in [6.07, 6.45) is 1.84. The molecule has 0 spiro atoms. The Morgan fingerprint density at radius 1 is 1.31 bits per heavy atom. The molecule has 0 bridgehead atoms. The SMILES string of the molecule is CC(C)C(C)SCCNCc1ccccn1. The summed E-state index contributed by atoms with van der Waals surface area (Å²) in [5.41, 5.74) is 1.12. The molecule has 16 heavy (non-hydrogen) atoms. The van der Waals surface area contributed by atoms with E-state index in [4.69, 9.17) is 0 Å². The predicted molar refractivity (Wildman–Crippen MR) is 72.7 cm³/mol. The van der Waals surface area contributed by atoms with Crippen LogP contribution in [0.2, 0.25) is 0 Å². The first-order chi connectivity index (χ1) is 7.70. The van der Waals surface area contributed by atoms with Gasteiger partial charge in [0.25, 0.3) is 0 Å². The zero-order valence-corrected chi connectivity index (χ0v) is 11.3. The van der Waals surface area contributed by atoms with E-state index in [0.717, 1.165) is 30.0 Å². The summed E-state index contributed by atoms with van der Waals surface area (Å²) in [5.74, 6) is 1.94. The molecule has 0 radical (unpaired) electrons. The molecule has 90 valence electrons. The molecule has 0 saturated heterocycles. The molecular weight excluding hydrogens is 216 g/mol. The maximum atomic E-state index is 4.27. The normalized spacial score (nSPS) is 13.0. The standard InChI is InChI=1S/C13H22N2S/c1-11(2)12(3)16-9-8-14-10-13-6-4-5-7-15-13/h4-7,11-12,14H,8-10H2,1-3H3. The van der Waals surface area contributed by atoms with E-state index in [-0.39, 0.29) is 0 Å². The van der Waals surface area contributed by atoms with E-state index >= 15 is 0 Å². The number of nitrogens with one attached hydrogen (secondary N) is 1. The van der Waals surface area contributed by atoms with Crippen LogP contribution in [0.5, 0.6) is 0 Å². The van der Waals surface area contributed by atoms with Crippen LogP contribution in [-0.2, 0) is 6.54 Å². The van der Waals surface area contributed by atoms with Crippen LogP contribution >= 0.6 is 11.8 Å². The van der Waals surface area contributed by atoms with Gasteiger partial charge in [-0.3, -0.25) is 4.98 Å². The molecule has 0 aromatic carbocycles. The Morgan fingerprint density at radius 2 is 2.12 bits per heavy atom. The van der Waals surface area contributed by atoms with E-state index in [9.17, 15) is 0 Å². The van der Waals surface area contributed by atoms with Gasteiger partial charge < -0.3 is 5.32 Å². The highest BCUT2D eigenvalue weighted by Crippen LogP contribution is 2.17. The van der Waals surface area contributed by atoms with Crippen molar-refractivity contribution in [1.29, 1.82) is 0 Å². The van der Waals surface area contributed by atoms with Gasteiger partial charge in [0.15, 0.2) is 0 Å². The van der Waals surface area contributed by atoms with Crippen LogP contribution in [0.3, 0.4) is 0 Å². The van der Waals surface area contributed by atoms with Gasteiger partial charge in [-0.15, -0.1) is 0 Å². The predicted octanol–water partition coefficient (Wildman–Crippen LogP) is 2.95. The second-order valence-corrected chi connectivity index (χ2v) is 5.80. The van der Waals surface area contributed by atoms with Crippen LogP contribution in [0.15, 0.2) is 24.4 Å². The van der Waals surface area contributed by atoms with Crippen molar-refractivity contribution in [3.05, 3.63) is 30.1 Å². The Morgan fingerprint density at radius 3 is 2.75 bits per heavy atom. The fraction of sp³-hybridized carbons (Fsp3) is 0.615. The minimum absolute atomic E-state index is 0.747. The topological polar surface area (TPSA) is 24.9 Å². The third-order valence-corrected chi connectivity index (χ3v) is 4.14. The molecule has 1 heterocycles. The fourth-order valence-corrected chi connectivity index (χ4v) is 2.25. The lowest BCUT2D eigenvalue weighted by Gasteiger charge is -2.14. The van der Waals surface area contributed by atoms with Crippen LogP contribution in [0.1, 0.15) is 26.5 Å². The van der Waals surface area contributed by atoms with Crippen molar-refractivity contribution in [3.63, 3.8) is 0 Å². The van der Waals surface area contributed by atoms with E-state index in [1.807, 2.05) is 30.1 Å². The highest BCUT2D eigenvalue weighted by molar-refractivity contribution is 7.99. The molecule has 1 aromatic heterocycles. The van der Waals surface area contributed by atoms with E-state index in [0.29, 0.717) is 0 Å². The van der Waals surface area contributed by atoms with Crippen LogP contribution in [0.4, 0.5) is 0 Å². The van der Waals surface area contributed by atoms with Crippen LogP contribution in [0.25, 0.3) is 0 Å². The van der Waals surface area contributed by atoms with Gasteiger partial charge in [0.1, 0.15) is 0 Å². The lowest BCUT2D eigenvalue weighted by atomic mass is 10.2. The van der Waals surface area contributed by atoms with Crippen molar-refractivity contribution in [1.82, 2.24) is 10.3 Å². The third-order valence-electron chi connectivity index (χ3n) is 2.63. The summed E-state index contributed by atoms with van der Waals surface area (Å²) in [5, 5.41) is 4.16. The monoisotopic (exact) mass is 238 g/mol. The van der Waals surface area contributed by atoms with Crippen molar-refractivity contribution in [2.75, 3.05) is 12.3 Å². The first kappa shape index (κ1) is 13.5. The van der Waals surface area contributed by atoms with E-state index < -0.39 is 0 Å². The van der Waals surface area contributed by atoms with Gasteiger partial charge in [0.05, 0.1) is 5.69 Å². The van der Waals surface area contributed by atoms with Crippen LogP contribution in [0, 0.1) is 5.92 Å². The summed E-state index contributed by atoms with van der Waals surface area (Å²) in [6, 6.07) is 6.03. The van der Waals surface area contributed by atoms with Crippen LogP contribution in [-0.4, -0.2) is 22.5 Å². The molecule has 0 aliphatic carbocycles. The van der Waals surface area contributed by atoms with Gasteiger partial charge in [-0.25, -0.2) is 0 Å². The Hall–Kier alpha value is -0.540. The fourth-order valence-electron chi connectivity index (χ4n) is 1.23. The molecule has 1 aromatic rings. The molecule has 0 saturated carbocycles. The van der Waals surface area contributed by atoms with Gasteiger partial charge in [-0.2, -0.15) is 11.8 Å². The number of hydrogen-bond acceptors (Lipinski definition) is 3. The van der Waals surface area contributed by atoms with Gasteiger partial charge in [-0.05, 0) is 18.1 Å². The van der Waals surface area contributed by atoms with Gasteiger partial charge in [0.2, 0.25) is 0 Å². The first-order valence-electron chi connectivity index (χ1n) is 5.92. The Kier molecular flexibility index (Phi) is 6.50. The smallest absolute Gasteiger partial charge is 0.0541 e. The Labute approximate surface area is 103 Å². The lowest BCUT2D eigenvalue weighted by Crippen LogP contribution is -2.19. The zero-order valence-electron chi connectivity index (χ0n) is 10.4. The zero-order chi connectivity index (χ0) is 11.8. The largest absolute Gasteiger partial charge is 0.310 e. The van der Waals surface area contributed by atoms with E-state index in [1.165, 1.54) is 5.75 Å². The number of nitrogens with zero attached hydrogens (tertiary/aromatic N) is 1. The highest BCUT2D eigenvalue weighted by atomic mass is 32.2. The average Bonchev–Trinajstić information content (AvgIpc) is 2.29. The molecule has 1 unspecified atom stereocenters. The second kappa shape index (κ2) is 7.69. The number of hydrogen-bond donors (Lipinski definition) is 1. The number of rotatable bonds is 7. The molecule has 0 fully saturated rings. The van der Waals surface area contributed by atoms with Crippen molar-refractivity contribution < 1.29 is 0 Å². The van der Waals surface area contributed by atoms with Crippen molar-refractivity contribution >= 4 is 11.8 Å². The summed E-state index contributed by atoms with van der Waals surface area (Å²) >= 11 is 2.04. The van der Waals surface area contributed by atoms with Gasteiger partial charge in [-0.1, -0.05) is 26.8 Å². The molecule has 1 atom stereocenters. The minimum atomic E-state index is 0.747. The van der Waals surface area contributed by atoms with Crippen LogP contribution < -0.4 is 5.32 Å². The summed E-state index contributed by atoms with van der Waals surface area (Å²) < 4.78 is 0. The van der Waals surface area contributed by atoms with E-state index in [2.05, 4.69) is 37.1 Å². The maximum Gasteiger partial charge on any atom is 0.0541 e. The minimum Gasteiger partial charge on any atom is -0.310 e. The Bertz CT molecular complexity index is 275. The van der Waals surface area contributed by atoms with Gasteiger partial charge >= 0.3 is 0 Å². The second-order valence-electron chi connectivity index (χ2n) is 4.32. The summed E-state index contributed by atoms with van der Waals surface area (Å²) in [7, 11) is 0. The van der Waals surface area contributed by atoms with E-state index in [1.54, 1.807) is 0 Å². The highest BCUT2D eigenvalue weighted by Gasteiger charge is 2.06. The molecular formula is C13H22N2S. The molecule has 0 amide bonds. The van der Waals surface area contributed by atoms with Crippen molar-refractivity contribution in [3.8, 4) is 0 Å². The quantitative estimate of drug-likeness (QED) is 0.739. The molecule has 3 heteroatoms. The summed E-state index contributed by atoms with van der Waals surface area (Å²) in [4.78, 5) is 4.27. The molecule has 0 aliphatic rings. The molecule has 1 rings (SSSR count). The first-order valence-corrected chi connectivity index (χ1v) is 6.97. The number of thioether (sulfide) groups is 1. The maximum absolute atomic E-state index is 4.27. The van der Waals surface area contributed by atoms with Gasteiger partial charge in [0, 0.05) is 30.3 Å². The molecule has 1 N–H and O–H groups in total. The summed E-state index contributed by atoms with van der Waals surface area (Å²) in [6.45, 7) is 8.78. The molecule has 0 aliphatic heterocycles. The number of pyridine rings is 1.